The summed E-state index contributed by atoms with van der Waals surface area (Å²) in [5, 5.41) is 0. The van der Waals surface area contributed by atoms with Crippen molar-refractivity contribution in [3.8, 4) is 11.5 Å². The molecule has 0 aliphatic carbocycles. The Morgan fingerprint density at radius 2 is 2.09 bits per heavy atom. The first-order valence-electron chi connectivity index (χ1n) is 10.3. The highest BCUT2D eigenvalue weighted by Crippen LogP contribution is 2.38. The van der Waals surface area contributed by atoms with Gasteiger partial charge in [-0.25, -0.2) is 14.2 Å². The Morgan fingerprint density at radius 1 is 1.27 bits per heavy atom. The van der Waals surface area contributed by atoms with Crippen molar-refractivity contribution < 1.29 is 23.4 Å². The van der Waals surface area contributed by atoms with Crippen LogP contribution in [0.5, 0.6) is 11.5 Å². The lowest BCUT2D eigenvalue weighted by Gasteiger charge is -2.24. The van der Waals surface area contributed by atoms with E-state index >= 15 is 0 Å². The fourth-order valence-electron chi connectivity index (χ4n) is 3.94. The topological polar surface area (TPSA) is 79.1 Å². The molecule has 9 heteroatoms. The molecule has 0 saturated carbocycles. The zero-order chi connectivity index (χ0) is 23.1. The van der Waals surface area contributed by atoms with Gasteiger partial charge in [0.25, 0.3) is 5.56 Å². The molecule has 0 bridgehead atoms. The maximum Gasteiger partial charge on any atom is 0.338 e. The zero-order valence-corrected chi connectivity index (χ0v) is 18.6. The van der Waals surface area contributed by atoms with Crippen LogP contribution in [0.1, 0.15) is 31.0 Å². The van der Waals surface area contributed by atoms with Gasteiger partial charge in [0.1, 0.15) is 5.82 Å². The first kappa shape index (κ1) is 21.1. The fourth-order valence-corrected chi connectivity index (χ4v) is 4.98. The van der Waals surface area contributed by atoms with Crippen LogP contribution in [0.3, 0.4) is 0 Å². The molecule has 7 nitrogen and oxygen atoms in total. The minimum absolute atomic E-state index is 0.106. The van der Waals surface area contributed by atoms with Crippen LogP contribution < -0.4 is 24.4 Å². The third-order valence-corrected chi connectivity index (χ3v) is 6.36. The molecule has 0 fully saturated rings. The molecular weight excluding hydrogens is 447 g/mol. The van der Waals surface area contributed by atoms with E-state index in [1.807, 2.05) is 0 Å². The molecule has 0 amide bonds. The molecule has 0 unspecified atom stereocenters. The van der Waals surface area contributed by atoms with Crippen molar-refractivity contribution in [2.24, 2.45) is 4.99 Å². The van der Waals surface area contributed by atoms with Gasteiger partial charge in [-0.15, -0.1) is 0 Å². The van der Waals surface area contributed by atoms with Crippen molar-refractivity contribution in [2.45, 2.75) is 19.9 Å². The summed E-state index contributed by atoms with van der Waals surface area (Å²) in [6.45, 7) is 3.73. The number of hydrogen-bond donors (Lipinski definition) is 0. The molecule has 3 heterocycles. The standard InChI is InChI=1S/C24H19FN2O5S/c1-3-30-23(29)20-13(2)26-24-27(21(20)15-7-8-17-18(11-15)32-12-31-17)22(28)19(33-24)10-14-5-4-6-16(25)9-14/h4-11,21H,3,12H2,1-2H3/b19-10+/t21-/m1/s1. The normalized spacial score (nSPS) is 17.1. The second-order valence-corrected chi connectivity index (χ2v) is 8.48. The van der Waals surface area contributed by atoms with Gasteiger partial charge in [0.2, 0.25) is 6.79 Å². The summed E-state index contributed by atoms with van der Waals surface area (Å²) < 4.78 is 31.7. The molecule has 2 aliphatic rings. The van der Waals surface area contributed by atoms with Gasteiger partial charge in [-0.1, -0.05) is 29.5 Å². The fraction of sp³-hybridized carbons (Fsp3) is 0.208. The van der Waals surface area contributed by atoms with E-state index in [-0.39, 0.29) is 24.5 Å². The Hall–Kier alpha value is -3.72. The monoisotopic (exact) mass is 466 g/mol. The number of thiazole rings is 1. The highest BCUT2D eigenvalue weighted by atomic mass is 32.1. The third kappa shape index (κ3) is 3.74. The number of benzene rings is 2. The molecule has 168 valence electrons. The number of hydrogen-bond acceptors (Lipinski definition) is 7. The number of fused-ring (bicyclic) bond motifs is 2. The van der Waals surface area contributed by atoms with Gasteiger partial charge in [0.15, 0.2) is 16.3 Å². The van der Waals surface area contributed by atoms with Crippen molar-refractivity contribution in [3.63, 3.8) is 0 Å². The maximum absolute atomic E-state index is 13.7. The van der Waals surface area contributed by atoms with E-state index < -0.39 is 17.8 Å². The summed E-state index contributed by atoms with van der Waals surface area (Å²) in [6, 6.07) is 10.5. The summed E-state index contributed by atoms with van der Waals surface area (Å²) in [5.74, 6) is 0.193. The third-order valence-electron chi connectivity index (χ3n) is 5.38. The van der Waals surface area contributed by atoms with Crippen molar-refractivity contribution in [1.82, 2.24) is 4.57 Å². The minimum Gasteiger partial charge on any atom is -0.463 e. The van der Waals surface area contributed by atoms with Gasteiger partial charge < -0.3 is 14.2 Å². The van der Waals surface area contributed by atoms with Crippen LogP contribution >= 0.6 is 11.3 Å². The van der Waals surface area contributed by atoms with E-state index in [4.69, 9.17) is 14.2 Å². The Bertz CT molecular complexity index is 1490. The van der Waals surface area contributed by atoms with Gasteiger partial charge in [-0.2, -0.15) is 0 Å². The van der Waals surface area contributed by atoms with Crippen molar-refractivity contribution in [1.29, 1.82) is 0 Å². The van der Waals surface area contributed by atoms with E-state index in [1.165, 1.54) is 28.0 Å². The minimum atomic E-state index is -0.760. The molecule has 0 N–H and O–H groups in total. The van der Waals surface area contributed by atoms with Crippen molar-refractivity contribution in [2.75, 3.05) is 13.4 Å². The van der Waals surface area contributed by atoms with E-state index in [2.05, 4.69) is 4.99 Å². The van der Waals surface area contributed by atoms with Crippen molar-refractivity contribution in [3.05, 3.63) is 90.4 Å². The lowest BCUT2D eigenvalue weighted by atomic mass is 9.95. The van der Waals surface area contributed by atoms with Gasteiger partial charge >= 0.3 is 5.97 Å². The average molecular weight is 466 g/mol. The molecule has 0 radical (unpaired) electrons. The predicted octanol–water partition coefficient (Wildman–Crippen LogP) is 2.67. The van der Waals surface area contributed by atoms with Crippen LogP contribution in [0.4, 0.5) is 4.39 Å². The lowest BCUT2D eigenvalue weighted by Crippen LogP contribution is -2.39. The Kier molecular flexibility index (Phi) is 5.33. The first-order chi connectivity index (χ1) is 16.0. The zero-order valence-electron chi connectivity index (χ0n) is 17.8. The number of rotatable bonds is 4. The number of nitrogens with zero attached hydrogens (tertiary/aromatic N) is 2. The number of halogens is 1. The lowest BCUT2D eigenvalue weighted by molar-refractivity contribution is -0.139. The maximum atomic E-state index is 13.7. The SMILES string of the molecule is CCOC(=O)C1=C(C)N=c2s/c(=C/c3cccc(F)c3)c(=O)n2[C@@H]1c1ccc2c(c1)OCO2. The second kappa shape index (κ2) is 8.32. The van der Waals surface area contributed by atoms with Crippen LogP contribution in [0.25, 0.3) is 6.08 Å². The second-order valence-electron chi connectivity index (χ2n) is 7.47. The largest absolute Gasteiger partial charge is 0.463 e. The predicted molar refractivity (Wildman–Crippen MR) is 119 cm³/mol. The summed E-state index contributed by atoms with van der Waals surface area (Å²) in [6.07, 6.45) is 1.62. The Labute approximate surface area is 191 Å². The number of aromatic nitrogens is 1. The van der Waals surface area contributed by atoms with E-state index in [0.717, 1.165) is 0 Å². The highest BCUT2D eigenvalue weighted by molar-refractivity contribution is 7.07. The highest BCUT2D eigenvalue weighted by Gasteiger charge is 2.34. The van der Waals surface area contributed by atoms with Crippen LogP contribution in [-0.2, 0) is 9.53 Å². The van der Waals surface area contributed by atoms with Crippen LogP contribution in [0.15, 0.2) is 63.5 Å². The summed E-state index contributed by atoms with van der Waals surface area (Å²) in [5.41, 5.74) is 1.63. The van der Waals surface area contributed by atoms with Crippen molar-refractivity contribution >= 4 is 23.4 Å². The van der Waals surface area contributed by atoms with Crippen LogP contribution in [-0.4, -0.2) is 23.9 Å². The molecule has 3 aromatic rings. The van der Waals surface area contributed by atoms with E-state index in [9.17, 15) is 14.0 Å². The quantitative estimate of drug-likeness (QED) is 0.553. The molecule has 1 atom stereocenters. The molecule has 2 aromatic carbocycles. The van der Waals surface area contributed by atoms with Gasteiger partial charge in [-0.05, 0) is 55.3 Å². The van der Waals surface area contributed by atoms with Crippen LogP contribution in [0.2, 0.25) is 0 Å². The van der Waals surface area contributed by atoms with Gasteiger partial charge in [0.05, 0.1) is 28.5 Å². The number of carbonyl (C=O) groups excluding carboxylic acids is 1. The Balaban J connectivity index is 1.73. The van der Waals surface area contributed by atoms with Crippen LogP contribution in [0, 0.1) is 5.82 Å². The molecule has 2 aliphatic heterocycles. The van der Waals surface area contributed by atoms with Gasteiger partial charge in [-0.3, -0.25) is 9.36 Å². The molecule has 0 saturated heterocycles. The number of allylic oxidation sites excluding steroid dienone is 1. The summed E-state index contributed by atoms with van der Waals surface area (Å²) >= 11 is 1.18. The van der Waals surface area contributed by atoms with E-state index in [1.54, 1.807) is 50.3 Å². The molecule has 5 rings (SSSR count). The molecule has 33 heavy (non-hydrogen) atoms. The molecule has 1 aromatic heterocycles. The molecule has 0 spiro atoms. The molecular formula is C24H19FN2O5S. The average Bonchev–Trinajstić information content (AvgIpc) is 3.37. The smallest absolute Gasteiger partial charge is 0.338 e. The number of ether oxygens (including phenoxy) is 3. The Morgan fingerprint density at radius 3 is 2.88 bits per heavy atom. The number of carbonyl (C=O) groups is 1. The number of esters is 1. The van der Waals surface area contributed by atoms with Gasteiger partial charge in [0, 0.05) is 0 Å². The first-order valence-corrected chi connectivity index (χ1v) is 11.1. The summed E-state index contributed by atoms with van der Waals surface area (Å²) in [4.78, 5) is 31.4. The van der Waals surface area contributed by atoms with E-state index in [0.29, 0.717) is 37.7 Å². The summed E-state index contributed by atoms with van der Waals surface area (Å²) in [7, 11) is 0.